The molecular formula is C27H35N5O. The van der Waals surface area contributed by atoms with E-state index in [0.717, 1.165) is 59.9 Å². The molecule has 4 aromatic rings. The van der Waals surface area contributed by atoms with Crippen LogP contribution in [0.3, 0.4) is 0 Å². The second-order valence-corrected chi connectivity index (χ2v) is 9.61. The Labute approximate surface area is 195 Å². The number of hydrogen-bond donors (Lipinski definition) is 3. The minimum Gasteiger partial charge on any atom is -0.389 e. The Morgan fingerprint density at radius 3 is 2.33 bits per heavy atom. The molecule has 6 nitrogen and oxygen atoms in total. The van der Waals surface area contributed by atoms with Crippen molar-refractivity contribution in [2.24, 2.45) is 5.73 Å². The lowest BCUT2D eigenvalue weighted by atomic mass is 10.0. The first-order chi connectivity index (χ1) is 15.8. The maximum atomic E-state index is 10.6. The summed E-state index contributed by atoms with van der Waals surface area (Å²) in [7, 11) is 0. The highest BCUT2D eigenvalue weighted by atomic mass is 16.3. The Hall–Kier alpha value is -2.96. The maximum absolute atomic E-state index is 10.6. The Bertz CT molecular complexity index is 1250. The minimum absolute atomic E-state index is 0.438. The van der Waals surface area contributed by atoms with E-state index < -0.39 is 5.60 Å². The number of nitrogen functional groups attached to an aromatic ring is 1. The number of rotatable bonds is 9. The summed E-state index contributed by atoms with van der Waals surface area (Å²) in [6.07, 6.45) is 4.68. The van der Waals surface area contributed by atoms with Gasteiger partial charge >= 0.3 is 0 Å². The number of nitrogens with two attached hydrogens (primary N) is 2. The summed E-state index contributed by atoms with van der Waals surface area (Å²) in [5, 5.41) is 11.6. The molecule has 0 saturated heterocycles. The molecule has 33 heavy (non-hydrogen) atoms. The van der Waals surface area contributed by atoms with Crippen molar-refractivity contribution >= 4 is 27.8 Å². The van der Waals surface area contributed by atoms with Gasteiger partial charge in [-0.1, -0.05) is 49.7 Å². The maximum Gasteiger partial charge on any atom is 0.152 e. The monoisotopic (exact) mass is 445 g/mol. The van der Waals surface area contributed by atoms with Crippen LogP contribution in [0.2, 0.25) is 0 Å². The van der Waals surface area contributed by atoms with Crippen molar-refractivity contribution in [2.75, 3.05) is 12.3 Å². The van der Waals surface area contributed by atoms with Crippen molar-refractivity contribution in [2.45, 2.75) is 65.0 Å². The van der Waals surface area contributed by atoms with Gasteiger partial charge in [0, 0.05) is 11.8 Å². The minimum atomic E-state index is -0.866. The Balaban J connectivity index is 1.77. The Kier molecular flexibility index (Phi) is 6.68. The standard InChI is InChI=1S/C27H35N5O/c1-4-5-6-23-31-24-25(32(23)17-27(2,3)33)21-12-11-20(16-22(21)30-26(24)29)15-19-9-7-18(8-10-19)13-14-28/h7-12,16,33H,4-6,13-15,17,28H2,1-3H3,(H2,29,30). The predicted octanol–water partition coefficient (Wildman–Crippen LogP) is 4.37. The fourth-order valence-corrected chi connectivity index (χ4v) is 4.42. The summed E-state index contributed by atoms with van der Waals surface area (Å²) >= 11 is 0. The number of hydrogen-bond acceptors (Lipinski definition) is 5. The first-order valence-corrected chi connectivity index (χ1v) is 11.9. The first kappa shape index (κ1) is 23.2. The zero-order valence-corrected chi connectivity index (χ0v) is 19.9. The van der Waals surface area contributed by atoms with Crippen LogP contribution in [0.5, 0.6) is 0 Å². The van der Waals surface area contributed by atoms with E-state index in [4.69, 9.17) is 21.4 Å². The third-order valence-corrected chi connectivity index (χ3v) is 6.01. The van der Waals surface area contributed by atoms with Crippen LogP contribution in [0.25, 0.3) is 21.9 Å². The van der Waals surface area contributed by atoms with Gasteiger partial charge in [-0.2, -0.15) is 0 Å². The Morgan fingerprint density at radius 1 is 0.970 bits per heavy atom. The molecule has 0 spiro atoms. The average Bonchev–Trinajstić information content (AvgIpc) is 3.11. The molecule has 0 atom stereocenters. The molecule has 0 bridgehead atoms. The summed E-state index contributed by atoms with van der Waals surface area (Å²) in [6.45, 7) is 6.94. The highest BCUT2D eigenvalue weighted by Gasteiger charge is 2.22. The molecule has 2 aromatic heterocycles. The van der Waals surface area contributed by atoms with Gasteiger partial charge in [-0.3, -0.25) is 0 Å². The number of benzene rings is 2. The molecule has 0 aliphatic carbocycles. The predicted molar refractivity (Wildman–Crippen MR) is 136 cm³/mol. The zero-order valence-electron chi connectivity index (χ0n) is 19.9. The van der Waals surface area contributed by atoms with Crippen LogP contribution in [0.1, 0.15) is 56.1 Å². The molecule has 0 saturated carbocycles. The third kappa shape index (κ3) is 5.18. The Morgan fingerprint density at radius 2 is 1.67 bits per heavy atom. The number of anilines is 1. The molecule has 0 amide bonds. The van der Waals surface area contributed by atoms with Crippen LogP contribution >= 0.6 is 0 Å². The third-order valence-electron chi connectivity index (χ3n) is 6.01. The molecule has 5 N–H and O–H groups in total. The molecule has 2 heterocycles. The van der Waals surface area contributed by atoms with E-state index in [9.17, 15) is 5.11 Å². The highest BCUT2D eigenvalue weighted by molar-refractivity contribution is 6.06. The molecule has 0 aliphatic rings. The number of imidazole rings is 1. The average molecular weight is 446 g/mol. The molecule has 0 aliphatic heterocycles. The summed E-state index contributed by atoms with van der Waals surface area (Å²) < 4.78 is 2.14. The van der Waals surface area contributed by atoms with E-state index in [1.807, 2.05) is 13.8 Å². The molecular weight excluding hydrogens is 410 g/mol. The number of fused-ring (bicyclic) bond motifs is 3. The van der Waals surface area contributed by atoms with Crippen molar-refractivity contribution in [1.29, 1.82) is 0 Å². The van der Waals surface area contributed by atoms with Crippen LogP contribution in [0.4, 0.5) is 5.82 Å². The van der Waals surface area contributed by atoms with E-state index in [2.05, 4.69) is 54.0 Å². The number of aryl methyl sites for hydroxylation is 1. The second-order valence-electron chi connectivity index (χ2n) is 9.61. The molecule has 6 heteroatoms. The summed E-state index contributed by atoms with van der Waals surface area (Å²) in [4.78, 5) is 9.55. The summed E-state index contributed by atoms with van der Waals surface area (Å²) in [5.41, 5.74) is 17.4. The van der Waals surface area contributed by atoms with Crippen LogP contribution in [-0.4, -0.2) is 31.8 Å². The fraction of sp³-hybridized carbons (Fsp3) is 0.407. The first-order valence-electron chi connectivity index (χ1n) is 11.9. The summed E-state index contributed by atoms with van der Waals surface area (Å²) in [5.74, 6) is 1.39. The molecule has 4 rings (SSSR count). The lowest BCUT2D eigenvalue weighted by Gasteiger charge is -2.21. The van der Waals surface area contributed by atoms with Gasteiger partial charge in [0.25, 0.3) is 0 Å². The van der Waals surface area contributed by atoms with Gasteiger partial charge in [0.15, 0.2) is 5.82 Å². The van der Waals surface area contributed by atoms with Crippen LogP contribution in [0.15, 0.2) is 42.5 Å². The number of aliphatic hydroxyl groups is 1. The summed E-state index contributed by atoms with van der Waals surface area (Å²) in [6, 6.07) is 15.0. The van der Waals surface area contributed by atoms with Crippen molar-refractivity contribution in [3.8, 4) is 0 Å². The quantitative estimate of drug-likeness (QED) is 0.355. The van der Waals surface area contributed by atoms with Gasteiger partial charge in [0.1, 0.15) is 11.3 Å². The largest absolute Gasteiger partial charge is 0.389 e. The van der Waals surface area contributed by atoms with E-state index >= 15 is 0 Å². The van der Waals surface area contributed by atoms with Crippen LogP contribution in [0, 0.1) is 0 Å². The van der Waals surface area contributed by atoms with Gasteiger partial charge in [-0.25, -0.2) is 9.97 Å². The molecule has 0 fully saturated rings. The van der Waals surface area contributed by atoms with E-state index in [1.54, 1.807) is 0 Å². The fourth-order valence-electron chi connectivity index (χ4n) is 4.42. The molecule has 174 valence electrons. The highest BCUT2D eigenvalue weighted by Crippen LogP contribution is 2.31. The molecule has 2 aromatic carbocycles. The molecule has 0 radical (unpaired) electrons. The van der Waals surface area contributed by atoms with Crippen molar-refractivity contribution < 1.29 is 5.11 Å². The lowest BCUT2D eigenvalue weighted by Crippen LogP contribution is -2.27. The van der Waals surface area contributed by atoms with E-state index in [1.165, 1.54) is 16.7 Å². The number of unbranched alkanes of at least 4 members (excludes halogenated alkanes) is 1. The lowest BCUT2D eigenvalue weighted by molar-refractivity contribution is 0.0618. The smallest absolute Gasteiger partial charge is 0.152 e. The number of pyridine rings is 1. The van der Waals surface area contributed by atoms with Crippen molar-refractivity contribution in [3.63, 3.8) is 0 Å². The van der Waals surface area contributed by atoms with Crippen LogP contribution in [-0.2, 0) is 25.8 Å². The molecule has 0 unspecified atom stereocenters. The van der Waals surface area contributed by atoms with E-state index in [-0.39, 0.29) is 0 Å². The second kappa shape index (κ2) is 9.49. The van der Waals surface area contributed by atoms with Gasteiger partial charge in [0.2, 0.25) is 0 Å². The van der Waals surface area contributed by atoms with Crippen molar-refractivity contribution in [3.05, 3.63) is 65.0 Å². The van der Waals surface area contributed by atoms with Crippen molar-refractivity contribution in [1.82, 2.24) is 14.5 Å². The van der Waals surface area contributed by atoms with E-state index in [0.29, 0.717) is 18.9 Å². The normalized spacial score (nSPS) is 12.2. The number of aromatic nitrogens is 3. The van der Waals surface area contributed by atoms with Gasteiger partial charge in [-0.05, 0) is 62.4 Å². The van der Waals surface area contributed by atoms with Gasteiger partial charge in [-0.15, -0.1) is 0 Å². The zero-order chi connectivity index (χ0) is 23.6. The van der Waals surface area contributed by atoms with Crippen LogP contribution < -0.4 is 11.5 Å². The number of nitrogens with zero attached hydrogens (tertiary/aromatic N) is 3. The van der Waals surface area contributed by atoms with Gasteiger partial charge < -0.3 is 21.1 Å². The topological polar surface area (TPSA) is 103 Å². The SMILES string of the molecule is CCCCc1nc2c(N)nc3cc(Cc4ccc(CCN)cc4)ccc3c2n1CC(C)(C)O. The van der Waals surface area contributed by atoms with Gasteiger partial charge in [0.05, 0.1) is 23.2 Å².